The first-order chi connectivity index (χ1) is 19.5. The lowest BCUT2D eigenvalue weighted by molar-refractivity contribution is -0.193. The number of halogens is 6. The molecule has 15 heteroatoms. The van der Waals surface area contributed by atoms with E-state index in [0.29, 0.717) is 0 Å². The topological polar surface area (TPSA) is 120 Å². The van der Waals surface area contributed by atoms with Crippen LogP contribution in [0.2, 0.25) is 0 Å². The number of aryl methyl sites for hydroxylation is 1. The third-order valence-electron chi connectivity index (χ3n) is 6.54. The fourth-order valence-electron chi connectivity index (χ4n) is 4.33. The summed E-state index contributed by atoms with van der Waals surface area (Å²) in [6.45, 7) is 8.09. The number of amides is 1. The van der Waals surface area contributed by atoms with Gasteiger partial charge in [0.05, 0.1) is 13.2 Å². The lowest BCUT2D eigenvalue weighted by Gasteiger charge is -2.42. The number of hydrogen-bond acceptors (Lipinski definition) is 6. The second-order valence-electron chi connectivity index (χ2n) is 9.89. The van der Waals surface area contributed by atoms with Crippen LogP contribution in [0.5, 0.6) is 0 Å². The number of nitrogens with zero attached hydrogens (tertiary/aromatic N) is 3. The largest absolute Gasteiger partial charge is 0.490 e. The summed E-state index contributed by atoms with van der Waals surface area (Å²) in [6.07, 6.45) is -4.42. The average molecular weight is 608 g/mol. The number of pyridine rings is 1. The van der Waals surface area contributed by atoms with Gasteiger partial charge in [0.25, 0.3) is 5.91 Å². The van der Waals surface area contributed by atoms with Crippen LogP contribution in [0.25, 0.3) is 0 Å². The van der Waals surface area contributed by atoms with Gasteiger partial charge in [-0.3, -0.25) is 14.7 Å². The van der Waals surface area contributed by atoms with E-state index in [1.807, 2.05) is 54.5 Å². The molecule has 4 rings (SSSR count). The molecule has 0 unspecified atom stereocenters. The lowest BCUT2D eigenvalue weighted by Crippen LogP contribution is -2.48. The minimum absolute atomic E-state index is 0.142. The molecule has 232 valence electrons. The van der Waals surface area contributed by atoms with Crippen LogP contribution in [0.1, 0.15) is 34.3 Å². The average Bonchev–Trinajstić information content (AvgIpc) is 3.11. The monoisotopic (exact) mass is 607 g/mol. The van der Waals surface area contributed by atoms with E-state index in [-0.39, 0.29) is 11.3 Å². The first kappa shape index (κ1) is 34.5. The molecule has 2 aliphatic heterocycles. The molecular weight excluding hydrogens is 576 g/mol. The summed E-state index contributed by atoms with van der Waals surface area (Å²) in [5.41, 5.74) is 3.35. The molecule has 9 nitrogen and oxygen atoms in total. The van der Waals surface area contributed by atoms with Gasteiger partial charge in [-0.15, -0.1) is 0 Å². The molecule has 0 radical (unpaired) electrons. The van der Waals surface area contributed by atoms with Crippen LogP contribution in [0.15, 0.2) is 48.8 Å². The van der Waals surface area contributed by atoms with Gasteiger partial charge in [-0.25, -0.2) is 9.59 Å². The highest BCUT2D eigenvalue weighted by Gasteiger charge is 2.40. The summed E-state index contributed by atoms with van der Waals surface area (Å²) in [6, 6.07) is 12.0. The molecule has 0 bridgehead atoms. The zero-order chi connectivity index (χ0) is 31.6. The standard InChI is InChI=1S/C23H29N3O2.2C2HF3O2/c1-19-4-6-21(7-5-19)22(27)26-11-8-23(9-12-26)17-25(13-14-28-18-23)16-20-3-2-10-24-15-20;2*3-2(4,5)1(6)7/h2-7,10,15H,8-9,11-14,16-18H2,1H3;2*(H,6,7). The zero-order valence-electron chi connectivity index (χ0n) is 22.6. The molecule has 2 aromatic rings. The number of aliphatic carboxylic acids is 2. The van der Waals surface area contributed by atoms with Crippen molar-refractivity contribution in [3.8, 4) is 0 Å². The third-order valence-corrected chi connectivity index (χ3v) is 6.54. The van der Waals surface area contributed by atoms with Crippen molar-refractivity contribution in [1.29, 1.82) is 0 Å². The van der Waals surface area contributed by atoms with Gasteiger partial charge in [0.2, 0.25) is 0 Å². The van der Waals surface area contributed by atoms with Crippen molar-refractivity contribution in [3.05, 3.63) is 65.5 Å². The molecule has 1 aromatic carbocycles. The van der Waals surface area contributed by atoms with E-state index >= 15 is 0 Å². The zero-order valence-corrected chi connectivity index (χ0v) is 22.6. The Morgan fingerprint density at radius 3 is 1.95 bits per heavy atom. The minimum atomic E-state index is -5.08. The summed E-state index contributed by atoms with van der Waals surface area (Å²) in [7, 11) is 0. The first-order valence-electron chi connectivity index (χ1n) is 12.7. The van der Waals surface area contributed by atoms with Crippen LogP contribution in [-0.2, 0) is 20.9 Å². The van der Waals surface area contributed by atoms with Crippen molar-refractivity contribution in [2.75, 3.05) is 39.4 Å². The summed E-state index contributed by atoms with van der Waals surface area (Å²) < 4.78 is 69.5. The molecule has 0 atom stereocenters. The number of carbonyl (C=O) groups is 3. The number of rotatable bonds is 3. The molecule has 1 amide bonds. The normalized spacial score (nSPS) is 17.2. The number of carboxylic acid groups (broad SMARTS) is 2. The summed E-state index contributed by atoms with van der Waals surface area (Å²) in [5, 5.41) is 14.2. The van der Waals surface area contributed by atoms with Crippen LogP contribution in [0.3, 0.4) is 0 Å². The molecule has 1 spiro atoms. The number of benzene rings is 1. The number of hydrogen-bond donors (Lipinski definition) is 2. The molecule has 2 saturated heterocycles. The summed E-state index contributed by atoms with van der Waals surface area (Å²) in [5.74, 6) is -5.36. The second-order valence-corrected chi connectivity index (χ2v) is 9.89. The molecule has 1 aromatic heterocycles. The highest BCUT2D eigenvalue weighted by molar-refractivity contribution is 5.94. The fourth-order valence-corrected chi connectivity index (χ4v) is 4.33. The van der Waals surface area contributed by atoms with Crippen LogP contribution in [0.4, 0.5) is 26.3 Å². The smallest absolute Gasteiger partial charge is 0.475 e. The molecule has 3 heterocycles. The Bertz CT molecular complexity index is 1140. The lowest BCUT2D eigenvalue weighted by atomic mass is 9.78. The van der Waals surface area contributed by atoms with E-state index in [9.17, 15) is 31.1 Å². The molecule has 0 saturated carbocycles. The van der Waals surface area contributed by atoms with E-state index in [1.165, 1.54) is 11.1 Å². The molecule has 2 fully saturated rings. The van der Waals surface area contributed by atoms with Gasteiger partial charge in [0.15, 0.2) is 0 Å². The van der Waals surface area contributed by atoms with E-state index in [2.05, 4.69) is 16.0 Å². The summed E-state index contributed by atoms with van der Waals surface area (Å²) in [4.78, 5) is 39.4. The van der Waals surface area contributed by atoms with Gasteiger partial charge in [-0.2, -0.15) is 26.3 Å². The Morgan fingerprint density at radius 1 is 0.929 bits per heavy atom. The minimum Gasteiger partial charge on any atom is -0.475 e. The maximum atomic E-state index is 12.8. The Hall–Kier alpha value is -3.72. The van der Waals surface area contributed by atoms with Crippen molar-refractivity contribution >= 4 is 17.8 Å². The highest BCUT2D eigenvalue weighted by Crippen LogP contribution is 2.35. The SMILES string of the molecule is Cc1ccc(C(=O)N2CCC3(CC2)COCCN(Cc2cccnc2)C3)cc1.O=C(O)C(F)(F)F.O=C(O)C(F)(F)F. The molecule has 42 heavy (non-hydrogen) atoms. The molecular formula is C27H31F6N3O6. The molecule has 0 aliphatic carbocycles. The van der Waals surface area contributed by atoms with E-state index < -0.39 is 24.3 Å². The molecule has 2 N–H and O–H groups in total. The Labute approximate surface area is 237 Å². The Balaban J connectivity index is 0.000000367. The van der Waals surface area contributed by atoms with Gasteiger partial charge in [0.1, 0.15) is 0 Å². The molecule has 2 aliphatic rings. The van der Waals surface area contributed by atoms with E-state index in [1.54, 1.807) is 0 Å². The van der Waals surface area contributed by atoms with Crippen LogP contribution in [-0.4, -0.2) is 94.6 Å². The maximum Gasteiger partial charge on any atom is 0.490 e. The Morgan fingerprint density at radius 2 is 1.48 bits per heavy atom. The van der Waals surface area contributed by atoms with E-state index in [0.717, 1.165) is 64.3 Å². The van der Waals surface area contributed by atoms with Gasteiger partial charge >= 0.3 is 24.3 Å². The van der Waals surface area contributed by atoms with E-state index in [4.69, 9.17) is 24.5 Å². The Kier molecular flexibility index (Phi) is 12.3. The van der Waals surface area contributed by atoms with Crippen molar-refractivity contribution in [1.82, 2.24) is 14.8 Å². The van der Waals surface area contributed by atoms with Crippen molar-refractivity contribution < 1.29 is 55.7 Å². The highest BCUT2D eigenvalue weighted by atomic mass is 19.4. The van der Waals surface area contributed by atoms with Crippen molar-refractivity contribution in [2.24, 2.45) is 5.41 Å². The van der Waals surface area contributed by atoms with Crippen LogP contribution in [0, 0.1) is 12.3 Å². The number of likely N-dealkylation sites (tertiary alicyclic amines) is 1. The van der Waals surface area contributed by atoms with Gasteiger partial charge < -0.3 is 19.8 Å². The van der Waals surface area contributed by atoms with Gasteiger partial charge in [-0.05, 0) is 43.5 Å². The van der Waals surface area contributed by atoms with Crippen molar-refractivity contribution in [2.45, 2.75) is 38.7 Å². The number of aromatic nitrogens is 1. The third kappa shape index (κ3) is 11.3. The number of carboxylic acids is 2. The predicted octanol–water partition coefficient (Wildman–Crippen LogP) is 4.41. The van der Waals surface area contributed by atoms with Crippen LogP contribution < -0.4 is 0 Å². The summed E-state index contributed by atoms with van der Waals surface area (Å²) >= 11 is 0. The number of alkyl halides is 6. The first-order valence-corrected chi connectivity index (χ1v) is 12.7. The van der Waals surface area contributed by atoms with Crippen molar-refractivity contribution in [3.63, 3.8) is 0 Å². The second kappa shape index (κ2) is 15.0. The number of piperidine rings is 1. The maximum absolute atomic E-state index is 12.8. The van der Waals surface area contributed by atoms with Gasteiger partial charge in [-0.1, -0.05) is 23.8 Å². The quantitative estimate of drug-likeness (QED) is 0.493. The van der Waals surface area contributed by atoms with Crippen LogP contribution >= 0.6 is 0 Å². The fraction of sp³-hybridized carbons (Fsp3) is 0.481. The predicted molar refractivity (Wildman–Crippen MR) is 136 cm³/mol. The number of ether oxygens (including phenoxy) is 1. The van der Waals surface area contributed by atoms with Gasteiger partial charge in [0, 0.05) is 56.1 Å². The number of carbonyl (C=O) groups excluding carboxylic acids is 1.